The summed E-state index contributed by atoms with van der Waals surface area (Å²) >= 11 is 3.08. The number of carbonyl (C=O) groups is 2. The van der Waals surface area contributed by atoms with Crippen molar-refractivity contribution in [3.05, 3.63) is 34.1 Å². The SMILES string of the molecule is CCC(C)C(NC(=O)c1cc(F)cc(Br)c1)C(=O)O. The Morgan fingerprint density at radius 2 is 2.05 bits per heavy atom. The first-order valence-corrected chi connectivity index (χ1v) is 6.64. The number of carboxylic acids is 1. The summed E-state index contributed by atoms with van der Waals surface area (Å²) in [6.45, 7) is 3.58. The summed E-state index contributed by atoms with van der Waals surface area (Å²) in [6, 6.07) is 2.74. The van der Waals surface area contributed by atoms with E-state index in [4.69, 9.17) is 5.11 Å². The molecular weight excluding hydrogens is 317 g/mol. The van der Waals surface area contributed by atoms with Crippen molar-refractivity contribution in [1.29, 1.82) is 0 Å². The van der Waals surface area contributed by atoms with E-state index < -0.39 is 23.7 Å². The number of rotatable bonds is 5. The molecule has 0 aliphatic heterocycles. The van der Waals surface area contributed by atoms with Crippen LogP contribution in [0.5, 0.6) is 0 Å². The van der Waals surface area contributed by atoms with Gasteiger partial charge in [0.1, 0.15) is 11.9 Å². The maximum Gasteiger partial charge on any atom is 0.326 e. The number of amides is 1. The Kier molecular flexibility index (Phi) is 5.47. The van der Waals surface area contributed by atoms with Crippen molar-refractivity contribution in [3.63, 3.8) is 0 Å². The van der Waals surface area contributed by atoms with Gasteiger partial charge in [0.25, 0.3) is 5.91 Å². The molecule has 1 amide bonds. The maximum absolute atomic E-state index is 13.2. The van der Waals surface area contributed by atoms with Crippen LogP contribution in [0.25, 0.3) is 0 Å². The molecule has 6 heteroatoms. The first kappa shape index (κ1) is 15.6. The van der Waals surface area contributed by atoms with Gasteiger partial charge < -0.3 is 10.4 Å². The number of hydrogen-bond acceptors (Lipinski definition) is 2. The van der Waals surface area contributed by atoms with E-state index in [-0.39, 0.29) is 11.5 Å². The lowest BCUT2D eigenvalue weighted by Gasteiger charge is -2.20. The van der Waals surface area contributed by atoms with Gasteiger partial charge in [-0.15, -0.1) is 0 Å². The molecule has 0 spiro atoms. The lowest BCUT2D eigenvalue weighted by atomic mass is 9.99. The average molecular weight is 332 g/mol. The largest absolute Gasteiger partial charge is 0.480 e. The van der Waals surface area contributed by atoms with Crippen molar-refractivity contribution in [2.75, 3.05) is 0 Å². The summed E-state index contributed by atoms with van der Waals surface area (Å²) in [7, 11) is 0. The monoisotopic (exact) mass is 331 g/mol. The first-order chi connectivity index (χ1) is 8.85. The van der Waals surface area contributed by atoms with Gasteiger partial charge in [-0.2, -0.15) is 0 Å². The second kappa shape index (κ2) is 6.65. The number of halogens is 2. The van der Waals surface area contributed by atoms with Crippen LogP contribution in [0.1, 0.15) is 30.6 Å². The number of aliphatic carboxylic acids is 1. The zero-order chi connectivity index (χ0) is 14.6. The normalized spacial score (nSPS) is 13.7. The van der Waals surface area contributed by atoms with Gasteiger partial charge in [-0.25, -0.2) is 9.18 Å². The molecule has 1 aromatic rings. The summed E-state index contributed by atoms with van der Waals surface area (Å²) in [5, 5.41) is 11.5. The minimum atomic E-state index is -1.10. The molecule has 0 aliphatic rings. The van der Waals surface area contributed by atoms with Gasteiger partial charge in [-0.05, 0) is 24.1 Å². The van der Waals surface area contributed by atoms with Crippen LogP contribution in [0.2, 0.25) is 0 Å². The lowest BCUT2D eigenvalue weighted by molar-refractivity contribution is -0.140. The van der Waals surface area contributed by atoms with Crippen LogP contribution in [0.15, 0.2) is 22.7 Å². The topological polar surface area (TPSA) is 66.4 Å². The second-order valence-electron chi connectivity index (χ2n) is 4.33. The van der Waals surface area contributed by atoms with Crippen molar-refractivity contribution in [2.24, 2.45) is 5.92 Å². The molecule has 1 aromatic carbocycles. The van der Waals surface area contributed by atoms with Crippen LogP contribution < -0.4 is 5.32 Å². The molecule has 0 fully saturated rings. The Balaban J connectivity index is 2.90. The predicted molar refractivity (Wildman–Crippen MR) is 72.4 cm³/mol. The van der Waals surface area contributed by atoms with Crippen LogP contribution >= 0.6 is 15.9 Å². The van der Waals surface area contributed by atoms with E-state index in [1.165, 1.54) is 12.1 Å². The zero-order valence-electron chi connectivity index (χ0n) is 10.6. The van der Waals surface area contributed by atoms with Crippen LogP contribution in [0.3, 0.4) is 0 Å². The van der Waals surface area contributed by atoms with Crippen molar-refractivity contribution in [1.82, 2.24) is 5.32 Å². The number of benzene rings is 1. The van der Waals surface area contributed by atoms with E-state index in [2.05, 4.69) is 21.2 Å². The first-order valence-electron chi connectivity index (χ1n) is 5.85. The quantitative estimate of drug-likeness (QED) is 0.871. The van der Waals surface area contributed by atoms with Crippen molar-refractivity contribution >= 4 is 27.8 Å². The molecule has 0 radical (unpaired) electrons. The fourth-order valence-corrected chi connectivity index (χ4v) is 2.06. The summed E-state index contributed by atoms with van der Waals surface area (Å²) in [5.41, 5.74) is 0.0847. The molecule has 0 saturated carbocycles. The number of carboxylic acid groups (broad SMARTS) is 1. The predicted octanol–water partition coefficient (Wildman–Crippen LogP) is 2.82. The van der Waals surface area contributed by atoms with Gasteiger partial charge in [0, 0.05) is 10.0 Å². The highest BCUT2D eigenvalue weighted by Crippen LogP contribution is 2.16. The van der Waals surface area contributed by atoms with Crippen LogP contribution in [0, 0.1) is 11.7 Å². The summed E-state index contributed by atoms with van der Waals surface area (Å²) in [5.74, 6) is -2.47. The Hall–Kier alpha value is -1.43. The Bertz CT molecular complexity index is 473. The van der Waals surface area contributed by atoms with Gasteiger partial charge in [-0.3, -0.25) is 4.79 Å². The van der Waals surface area contributed by atoms with Crippen molar-refractivity contribution < 1.29 is 19.1 Å². The molecule has 1 rings (SSSR count). The van der Waals surface area contributed by atoms with Crippen molar-refractivity contribution in [3.8, 4) is 0 Å². The van der Waals surface area contributed by atoms with E-state index in [9.17, 15) is 14.0 Å². The number of nitrogens with one attached hydrogen (secondary N) is 1. The molecule has 19 heavy (non-hydrogen) atoms. The highest BCUT2D eigenvalue weighted by molar-refractivity contribution is 9.10. The third kappa shape index (κ3) is 4.31. The maximum atomic E-state index is 13.2. The molecule has 2 unspecified atom stereocenters. The average Bonchev–Trinajstić information content (AvgIpc) is 2.33. The van der Waals surface area contributed by atoms with E-state index >= 15 is 0 Å². The fraction of sp³-hybridized carbons (Fsp3) is 0.385. The molecule has 0 aliphatic carbocycles. The van der Waals surface area contributed by atoms with E-state index in [1.807, 2.05) is 6.92 Å². The van der Waals surface area contributed by atoms with Gasteiger partial charge >= 0.3 is 5.97 Å². The Labute approximate surface area is 119 Å². The fourth-order valence-electron chi connectivity index (χ4n) is 1.59. The summed E-state index contributed by atoms with van der Waals surface area (Å²) < 4.78 is 13.6. The molecule has 0 saturated heterocycles. The molecule has 4 nitrogen and oxygen atoms in total. The standard InChI is InChI=1S/C13H15BrFNO3/c1-3-7(2)11(13(18)19)16-12(17)8-4-9(14)6-10(15)5-8/h4-7,11H,3H2,1-2H3,(H,16,17)(H,18,19). The lowest BCUT2D eigenvalue weighted by Crippen LogP contribution is -2.45. The van der Waals surface area contributed by atoms with E-state index in [1.54, 1.807) is 6.92 Å². The third-order valence-electron chi connectivity index (χ3n) is 2.89. The summed E-state index contributed by atoms with van der Waals surface area (Å²) in [6.07, 6.45) is 0.615. The minimum Gasteiger partial charge on any atom is -0.480 e. The number of carbonyl (C=O) groups excluding carboxylic acids is 1. The summed E-state index contributed by atoms with van der Waals surface area (Å²) in [4.78, 5) is 23.0. The van der Waals surface area contributed by atoms with Gasteiger partial charge in [0.05, 0.1) is 0 Å². The molecule has 0 bridgehead atoms. The van der Waals surface area contributed by atoms with Crippen LogP contribution in [-0.2, 0) is 4.79 Å². The van der Waals surface area contributed by atoms with Gasteiger partial charge in [0.2, 0.25) is 0 Å². The van der Waals surface area contributed by atoms with Gasteiger partial charge in [0.15, 0.2) is 0 Å². The zero-order valence-corrected chi connectivity index (χ0v) is 12.2. The molecular formula is C13H15BrFNO3. The molecule has 0 heterocycles. The van der Waals surface area contributed by atoms with Crippen molar-refractivity contribution in [2.45, 2.75) is 26.3 Å². The highest BCUT2D eigenvalue weighted by Gasteiger charge is 2.25. The Morgan fingerprint density at radius 1 is 1.42 bits per heavy atom. The van der Waals surface area contributed by atoms with Crippen LogP contribution in [-0.4, -0.2) is 23.0 Å². The molecule has 104 valence electrons. The molecule has 2 atom stereocenters. The highest BCUT2D eigenvalue weighted by atomic mass is 79.9. The van der Waals surface area contributed by atoms with E-state index in [0.29, 0.717) is 10.9 Å². The molecule has 2 N–H and O–H groups in total. The molecule has 0 aromatic heterocycles. The minimum absolute atomic E-state index is 0.0847. The third-order valence-corrected chi connectivity index (χ3v) is 3.35. The Morgan fingerprint density at radius 3 is 2.53 bits per heavy atom. The second-order valence-corrected chi connectivity index (χ2v) is 5.25. The number of hydrogen-bond donors (Lipinski definition) is 2. The van der Waals surface area contributed by atoms with Crippen LogP contribution in [0.4, 0.5) is 4.39 Å². The smallest absolute Gasteiger partial charge is 0.326 e. The van der Waals surface area contributed by atoms with Gasteiger partial charge in [-0.1, -0.05) is 36.2 Å². The van der Waals surface area contributed by atoms with E-state index in [0.717, 1.165) is 6.07 Å².